The lowest BCUT2D eigenvalue weighted by Crippen LogP contribution is -2.42. The van der Waals surface area contributed by atoms with Gasteiger partial charge in [-0.2, -0.15) is 0 Å². The molecule has 0 unspecified atom stereocenters. The quantitative estimate of drug-likeness (QED) is 0.835. The second-order valence-corrected chi connectivity index (χ2v) is 6.48. The molecule has 1 aromatic heterocycles. The van der Waals surface area contributed by atoms with Gasteiger partial charge >= 0.3 is 6.09 Å². The molecule has 20 heavy (non-hydrogen) atoms. The van der Waals surface area contributed by atoms with E-state index in [0.717, 1.165) is 44.0 Å². The third kappa shape index (κ3) is 4.25. The number of aromatic nitrogens is 1. The highest BCUT2D eigenvalue weighted by Gasteiger charge is 2.27. The summed E-state index contributed by atoms with van der Waals surface area (Å²) in [6.45, 7) is 9.08. The number of piperidine rings is 1. The van der Waals surface area contributed by atoms with E-state index in [2.05, 4.69) is 4.98 Å². The van der Waals surface area contributed by atoms with E-state index in [1.165, 1.54) is 0 Å². The largest absolute Gasteiger partial charge is 0.446 e. The van der Waals surface area contributed by atoms with E-state index in [9.17, 15) is 4.79 Å². The molecule has 0 spiro atoms. The number of rotatable bonds is 2. The van der Waals surface area contributed by atoms with Crippen LogP contribution in [0.1, 0.15) is 45.3 Å². The number of carbonyl (C=O) groups excluding carboxylic acids is 1. The summed E-state index contributed by atoms with van der Waals surface area (Å²) >= 11 is 0. The van der Waals surface area contributed by atoms with Crippen LogP contribution in [0.25, 0.3) is 0 Å². The van der Waals surface area contributed by atoms with Crippen LogP contribution in [-0.2, 0) is 11.2 Å². The van der Waals surface area contributed by atoms with Crippen molar-refractivity contribution in [2.24, 2.45) is 5.92 Å². The number of amides is 1. The van der Waals surface area contributed by atoms with E-state index in [1.54, 1.807) is 11.1 Å². The Morgan fingerprint density at radius 3 is 2.60 bits per heavy atom. The topological polar surface area (TPSA) is 55.6 Å². The van der Waals surface area contributed by atoms with Gasteiger partial charge in [-0.1, -0.05) is 0 Å². The van der Waals surface area contributed by atoms with E-state index in [-0.39, 0.29) is 6.09 Å². The maximum Gasteiger partial charge on any atom is 0.410 e. The molecule has 1 aliphatic heterocycles. The van der Waals surface area contributed by atoms with Gasteiger partial charge in [0.1, 0.15) is 11.4 Å². The van der Waals surface area contributed by atoms with Crippen molar-refractivity contribution in [2.75, 3.05) is 13.1 Å². The standard InChI is InChI=1S/C15H24N2O3/c1-11-10-16-13(19-11)9-12-5-7-17(8-6-12)14(18)20-15(2,3)4/h10,12H,5-9H2,1-4H3. The number of nitrogens with zero attached hydrogens (tertiary/aromatic N) is 2. The molecule has 0 aliphatic carbocycles. The zero-order valence-corrected chi connectivity index (χ0v) is 12.8. The Morgan fingerprint density at radius 1 is 1.45 bits per heavy atom. The maximum atomic E-state index is 12.0. The predicted molar refractivity (Wildman–Crippen MR) is 75.5 cm³/mol. The van der Waals surface area contributed by atoms with Crippen LogP contribution in [0.3, 0.4) is 0 Å². The molecule has 1 amide bonds. The van der Waals surface area contributed by atoms with Crippen molar-refractivity contribution < 1.29 is 13.9 Å². The smallest absolute Gasteiger partial charge is 0.410 e. The Morgan fingerprint density at radius 2 is 2.10 bits per heavy atom. The van der Waals surface area contributed by atoms with Gasteiger partial charge in [0.05, 0.1) is 6.20 Å². The van der Waals surface area contributed by atoms with Crippen LogP contribution >= 0.6 is 0 Å². The number of ether oxygens (including phenoxy) is 1. The molecule has 1 aromatic rings. The average molecular weight is 280 g/mol. The van der Waals surface area contributed by atoms with Gasteiger partial charge in [-0.15, -0.1) is 0 Å². The van der Waals surface area contributed by atoms with Gasteiger partial charge < -0.3 is 14.1 Å². The van der Waals surface area contributed by atoms with Crippen molar-refractivity contribution in [3.63, 3.8) is 0 Å². The Hall–Kier alpha value is -1.52. The number of carbonyl (C=O) groups is 1. The molecular weight excluding hydrogens is 256 g/mol. The zero-order valence-electron chi connectivity index (χ0n) is 12.8. The van der Waals surface area contributed by atoms with Crippen molar-refractivity contribution >= 4 is 6.09 Å². The minimum Gasteiger partial charge on any atom is -0.446 e. The third-order valence-electron chi connectivity index (χ3n) is 3.40. The molecule has 0 aromatic carbocycles. The molecule has 0 radical (unpaired) electrons. The average Bonchev–Trinajstić information content (AvgIpc) is 2.73. The third-order valence-corrected chi connectivity index (χ3v) is 3.40. The summed E-state index contributed by atoms with van der Waals surface area (Å²) in [6.07, 6.45) is 4.35. The summed E-state index contributed by atoms with van der Waals surface area (Å²) in [5.74, 6) is 2.19. The number of hydrogen-bond donors (Lipinski definition) is 0. The fraction of sp³-hybridized carbons (Fsp3) is 0.733. The molecular formula is C15H24N2O3. The molecule has 1 saturated heterocycles. The number of aryl methyl sites for hydroxylation is 1. The highest BCUT2D eigenvalue weighted by Crippen LogP contribution is 2.23. The SMILES string of the molecule is Cc1cnc(CC2CCN(C(=O)OC(C)(C)C)CC2)o1. The first-order valence-corrected chi connectivity index (χ1v) is 7.23. The first-order chi connectivity index (χ1) is 9.33. The second kappa shape index (κ2) is 5.85. The molecule has 112 valence electrons. The number of hydrogen-bond acceptors (Lipinski definition) is 4. The summed E-state index contributed by atoms with van der Waals surface area (Å²) in [7, 11) is 0. The van der Waals surface area contributed by atoms with Crippen molar-refractivity contribution in [3.8, 4) is 0 Å². The number of likely N-dealkylation sites (tertiary alicyclic amines) is 1. The second-order valence-electron chi connectivity index (χ2n) is 6.48. The molecule has 5 nitrogen and oxygen atoms in total. The van der Waals surface area contributed by atoms with Crippen LogP contribution in [0.2, 0.25) is 0 Å². The normalized spacial score (nSPS) is 17.3. The predicted octanol–water partition coefficient (Wildman–Crippen LogP) is 3.17. The van der Waals surface area contributed by atoms with Gasteiger partial charge in [0.2, 0.25) is 0 Å². The Labute approximate surface area is 120 Å². The first kappa shape index (κ1) is 14.9. The van der Waals surface area contributed by atoms with Crippen LogP contribution in [0.5, 0.6) is 0 Å². The molecule has 2 heterocycles. The van der Waals surface area contributed by atoms with Gasteiger partial charge in [-0.25, -0.2) is 9.78 Å². The Bertz CT molecular complexity index is 454. The zero-order chi connectivity index (χ0) is 14.8. The van der Waals surface area contributed by atoms with Crippen LogP contribution in [0.15, 0.2) is 10.6 Å². The van der Waals surface area contributed by atoms with Gasteiger partial charge in [-0.3, -0.25) is 0 Å². The Balaban J connectivity index is 1.79. The van der Waals surface area contributed by atoms with E-state index >= 15 is 0 Å². The lowest BCUT2D eigenvalue weighted by Gasteiger charge is -2.33. The van der Waals surface area contributed by atoms with Crippen molar-refractivity contribution in [1.29, 1.82) is 0 Å². The number of oxazole rings is 1. The maximum absolute atomic E-state index is 12.0. The molecule has 0 bridgehead atoms. The van der Waals surface area contributed by atoms with Gasteiger partial charge in [0.15, 0.2) is 5.89 Å². The highest BCUT2D eigenvalue weighted by atomic mass is 16.6. The molecule has 5 heteroatoms. The summed E-state index contributed by atoms with van der Waals surface area (Å²) in [4.78, 5) is 18.0. The van der Waals surface area contributed by atoms with Crippen LogP contribution in [0, 0.1) is 12.8 Å². The highest BCUT2D eigenvalue weighted by molar-refractivity contribution is 5.68. The molecule has 0 N–H and O–H groups in total. The minimum absolute atomic E-state index is 0.206. The molecule has 1 aliphatic rings. The fourth-order valence-electron chi connectivity index (χ4n) is 2.39. The minimum atomic E-state index is -0.427. The van der Waals surface area contributed by atoms with Crippen molar-refractivity contribution in [3.05, 3.63) is 17.8 Å². The van der Waals surface area contributed by atoms with Crippen LogP contribution in [-0.4, -0.2) is 34.7 Å². The monoisotopic (exact) mass is 280 g/mol. The van der Waals surface area contributed by atoms with E-state index in [4.69, 9.17) is 9.15 Å². The van der Waals surface area contributed by atoms with Crippen molar-refractivity contribution in [2.45, 2.75) is 52.6 Å². The first-order valence-electron chi connectivity index (χ1n) is 7.23. The van der Waals surface area contributed by atoms with Gasteiger partial charge in [0.25, 0.3) is 0 Å². The Kier molecular flexibility index (Phi) is 4.35. The van der Waals surface area contributed by atoms with E-state index in [1.807, 2.05) is 27.7 Å². The van der Waals surface area contributed by atoms with Crippen molar-refractivity contribution in [1.82, 2.24) is 9.88 Å². The molecule has 0 atom stereocenters. The summed E-state index contributed by atoms with van der Waals surface area (Å²) in [5.41, 5.74) is -0.427. The lowest BCUT2D eigenvalue weighted by atomic mass is 9.94. The summed E-state index contributed by atoms with van der Waals surface area (Å²) in [5, 5.41) is 0. The molecule has 2 rings (SSSR count). The summed E-state index contributed by atoms with van der Waals surface area (Å²) < 4.78 is 10.9. The fourth-order valence-corrected chi connectivity index (χ4v) is 2.39. The van der Waals surface area contributed by atoms with Crippen LogP contribution < -0.4 is 0 Å². The van der Waals surface area contributed by atoms with Gasteiger partial charge in [-0.05, 0) is 46.5 Å². The summed E-state index contributed by atoms with van der Waals surface area (Å²) in [6, 6.07) is 0. The van der Waals surface area contributed by atoms with E-state index < -0.39 is 5.60 Å². The molecule has 1 fully saturated rings. The van der Waals surface area contributed by atoms with E-state index in [0.29, 0.717) is 5.92 Å². The lowest BCUT2D eigenvalue weighted by molar-refractivity contribution is 0.0182. The van der Waals surface area contributed by atoms with Gasteiger partial charge in [0, 0.05) is 19.5 Å². The molecule has 0 saturated carbocycles. The van der Waals surface area contributed by atoms with Crippen LogP contribution in [0.4, 0.5) is 4.79 Å².